The normalized spacial score (nSPS) is 12.2. The molecule has 0 saturated carbocycles. The van der Waals surface area contributed by atoms with E-state index in [9.17, 15) is 26.7 Å². The highest BCUT2D eigenvalue weighted by Crippen LogP contribution is 2.35. The molecule has 136 valence electrons. The Morgan fingerprint density at radius 3 is 1.96 bits per heavy atom. The molecule has 1 N–H and O–H groups in total. The zero-order valence-electron chi connectivity index (χ0n) is 13.3. The minimum Gasteiger partial charge on any atom is -0.351 e. The van der Waals surface area contributed by atoms with E-state index >= 15 is 0 Å². The van der Waals surface area contributed by atoms with Crippen LogP contribution in [0.4, 0.5) is 22.0 Å². The minimum absolute atomic E-state index is 0.172. The third-order valence-electron chi connectivity index (χ3n) is 3.66. The zero-order valence-corrected chi connectivity index (χ0v) is 13.3. The van der Waals surface area contributed by atoms with Gasteiger partial charge in [-0.1, -0.05) is 56.0 Å². The van der Waals surface area contributed by atoms with Crippen LogP contribution in [0.2, 0.25) is 0 Å². The Balaban J connectivity index is 2.02. The van der Waals surface area contributed by atoms with Crippen LogP contribution in [0.5, 0.6) is 0 Å². The highest BCUT2D eigenvalue weighted by molar-refractivity contribution is 5.84. The van der Waals surface area contributed by atoms with Gasteiger partial charge in [0.25, 0.3) is 5.91 Å². The molecule has 0 unspecified atom stereocenters. The average molecular weight is 351 g/mol. The molecule has 7 heteroatoms. The number of halogens is 5. The Hall–Kier alpha value is -1.66. The van der Waals surface area contributed by atoms with Crippen molar-refractivity contribution in [2.24, 2.45) is 0 Å². The summed E-state index contributed by atoms with van der Waals surface area (Å²) in [7, 11) is 0. The number of rotatable bonds is 10. The Morgan fingerprint density at radius 1 is 0.833 bits per heavy atom. The second-order valence-corrected chi connectivity index (χ2v) is 5.68. The molecule has 0 saturated heterocycles. The largest absolute Gasteiger partial charge is 0.463 e. The van der Waals surface area contributed by atoms with Gasteiger partial charge in [-0.2, -0.15) is 22.0 Å². The maximum absolute atomic E-state index is 12.6. The molecular weight excluding hydrogens is 329 g/mol. The summed E-state index contributed by atoms with van der Waals surface area (Å²) < 4.78 is 61.1. The van der Waals surface area contributed by atoms with Gasteiger partial charge in [0.05, 0.1) is 0 Å². The third-order valence-corrected chi connectivity index (χ3v) is 3.66. The number of carbonyl (C=O) groups is 1. The Morgan fingerprint density at radius 2 is 1.38 bits per heavy atom. The maximum atomic E-state index is 12.6. The van der Waals surface area contributed by atoms with E-state index in [1.165, 1.54) is 5.56 Å². The number of hydrogen-bond acceptors (Lipinski definition) is 1. The van der Waals surface area contributed by atoms with E-state index in [2.05, 4.69) is 12.1 Å². The summed E-state index contributed by atoms with van der Waals surface area (Å²) in [5, 5.41) is 1.64. The van der Waals surface area contributed by atoms with Crippen LogP contribution in [0, 0.1) is 0 Å². The van der Waals surface area contributed by atoms with Crippen LogP contribution in [-0.4, -0.2) is 24.6 Å². The Kier molecular flexibility index (Phi) is 8.15. The van der Waals surface area contributed by atoms with Crippen molar-refractivity contribution in [3.63, 3.8) is 0 Å². The van der Waals surface area contributed by atoms with Crippen molar-refractivity contribution >= 4 is 5.91 Å². The van der Waals surface area contributed by atoms with Gasteiger partial charge in [0, 0.05) is 6.54 Å². The second-order valence-electron chi connectivity index (χ2n) is 5.68. The highest BCUT2D eigenvalue weighted by Gasteiger charge is 2.63. The number of hydrogen-bond donors (Lipinski definition) is 1. The number of benzene rings is 1. The van der Waals surface area contributed by atoms with Gasteiger partial charge >= 0.3 is 12.1 Å². The molecule has 0 atom stereocenters. The van der Waals surface area contributed by atoms with Crippen molar-refractivity contribution in [3.8, 4) is 0 Å². The fourth-order valence-corrected chi connectivity index (χ4v) is 2.25. The SMILES string of the molecule is O=C(NCCCCCCCCc1ccccc1)C(F)(F)C(F)(F)F. The zero-order chi connectivity index (χ0) is 18.1. The quantitative estimate of drug-likeness (QED) is 0.472. The molecule has 0 spiro atoms. The molecule has 0 aromatic heterocycles. The van der Waals surface area contributed by atoms with Crippen LogP contribution in [0.3, 0.4) is 0 Å². The van der Waals surface area contributed by atoms with Gasteiger partial charge in [0.2, 0.25) is 0 Å². The van der Waals surface area contributed by atoms with E-state index < -0.39 is 18.0 Å². The van der Waals surface area contributed by atoms with Crippen molar-refractivity contribution in [1.29, 1.82) is 0 Å². The summed E-state index contributed by atoms with van der Waals surface area (Å²) in [6.45, 7) is -0.172. The molecule has 24 heavy (non-hydrogen) atoms. The summed E-state index contributed by atoms with van der Waals surface area (Å²) in [5.74, 6) is -7.61. The number of amides is 1. The van der Waals surface area contributed by atoms with Crippen molar-refractivity contribution in [2.45, 2.75) is 57.0 Å². The third kappa shape index (κ3) is 6.84. The summed E-state index contributed by atoms with van der Waals surface area (Å²) in [4.78, 5) is 10.8. The van der Waals surface area contributed by atoms with Gasteiger partial charge in [-0.3, -0.25) is 4.79 Å². The smallest absolute Gasteiger partial charge is 0.351 e. The van der Waals surface area contributed by atoms with Gasteiger partial charge in [0.15, 0.2) is 0 Å². The predicted octanol–water partition coefficient (Wildman–Crippen LogP) is 4.88. The van der Waals surface area contributed by atoms with Crippen LogP contribution in [0.15, 0.2) is 30.3 Å². The molecule has 0 fully saturated rings. The van der Waals surface area contributed by atoms with Crippen molar-refractivity contribution in [1.82, 2.24) is 5.32 Å². The molecule has 2 nitrogen and oxygen atoms in total. The summed E-state index contributed by atoms with van der Waals surface area (Å²) in [5.41, 5.74) is 1.28. The number of unbranched alkanes of at least 4 members (excludes halogenated alkanes) is 5. The fourth-order valence-electron chi connectivity index (χ4n) is 2.25. The van der Waals surface area contributed by atoms with E-state index in [-0.39, 0.29) is 6.54 Å². The van der Waals surface area contributed by atoms with Gasteiger partial charge in [0.1, 0.15) is 0 Å². The highest BCUT2D eigenvalue weighted by atomic mass is 19.4. The molecule has 1 aromatic rings. The molecule has 1 aromatic carbocycles. The lowest BCUT2D eigenvalue weighted by Gasteiger charge is -2.18. The number of carbonyl (C=O) groups excluding carboxylic acids is 1. The van der Waals surface area contributed by atoms with E-state index in [1.54, 1.807) is 5.32 Å². The van der Waals surface area contributed by atoms with E-state index in [4.69, 9.17) is 0 Å². The molecule has 0 aliphatic rings. The van der Waals surface area contributed by atoms with Gasteiger partial charge in [-0.05, 0) is 24.8 Å². The number of alkyl halides is 5. The molecule has 0 bridgehead atoms. The first-order chi connectivity index (χ1) is 11.2. The van der Waals surface area contributed by atoms with Crippen molar-refractivity contribution < 1.29 is 26.7 Å². The van der Waals surface area contributed by atoms with Gasteiger partial charge in [-0.15, -0.1) is 0 Å². The van der Waals surface area contributed by atoms with E-state index in [0.717, 1.165) is 32.1 Å². The maximum Gasteiger partial charge on any atom is 0.463 e. The first-order valence-electron chi connectivity index (χ1n) is 8.02. The number of nitrogens with one attached hydrogen (secondary N) is 1. The van der Waals surface area contributed by atoms with Crippen LogP contribution >= 0.6 is 0 Å². The molecule has 0 heterocycles. The minimum atomic E-state index is -5.85. The average Bonchev–Trinajstić information content (AvgIpc) is 2.53. The lowest BCUT2D eigenvalue weighted by Crippen LogP contribution is -2.50. The second kappa shape index (κ2) is 9.59. The van der Waals surface area contributed by atoms with Gasteiger partial charge < -0.3 is 5.32 Å². The van der Waals surface area contributed by atoms with Crippen molar-refractivity contribution in [3.05, 3.63) is 35.9 Å². The van der Waals surface area contributed by atoms with Crippen LogP contribution in [0.25, 0.3) is 0 Å². The predicted molar refractivity (Wildman–Crippen MR) is 81.9 cm³/mol. The number of aryl methyl sites for hydroxylation is 1. The van der Waals surface area contributed by atoms with Crippen molar-refractivity contribution in [2.75, 3.05) is 6.54 Å². The first-order valence-corrected chi connectivity index (χ1v) is 8.02. The lowest BCUT2D eigenvalue weighted by molar-refractivity contribution is -0.269. The summed E-state index contributed by atoms with van der Waals surface area (Å²) in [6.07, 6.45) is 0.145. The molecule has 1 amide bonds. The summed E-state index contributed by atoms with van der Waals surface area (Å²) >= 11 is 0. The van der Waals surface area contributed by atoms with E-state index in [1.807, 2.05) is 18.2 Å². The first kappa shape index (κ1) is 20.4. The van der Waals surface area contributed by atoms with Crippen LogP contribution < -0.4 is 5.32 Å². The monoisotopic (exact) mass is 351 g/mol. The molecule has 0 aliphatic carbocycles. The lowest BCUT2D eigenvalue weighted by atomic mass is 10.1. The Labute approximate surface area is 138 Å². The Bertz CT molecular complexity index is 488. The van der Waals surface area contributed by atoms with E-state index in [0.29, 0.717) is 12.8 Å². The van der Waals surface area contributed by atoms with Gasteiger partial charge in [-0.25, -0.2) is 0 Å². The van der Waals surface area contributed by atoms with Crippen LogP contribution in [0.1, 0.15) is 44.1 Å². The molecule has 0 aliphatic heterocycles. The molecule has 0 radical (unpaired) electrons. The van der Waals surface area contributed by atoms with Crippen LogP contribution in [-0.2, 0) is 11.2 Å². The topological polar surface area (TPSA) is 29.1 Å². The molecule has 1 rings (SSSR count). The molecular formula is C17H22F5NO. The fraction of sp³-hybridized carbons (Fsp3) is 0.588. The summed E-state index contributed by atoms with van der Waals surface area (Å²) in [6, 6.07) is 10.1. The standard InChI is InChI=1S/C17H22F5NO/c18-16(19,17(20,21)22)15(24)23-13-9-4-2-1-3-6-10-14-11-7-5-8-12-14/h5,7-8,11-12H,1-4,6,9-10,13H2,(H,23,24).